The molecular formula is C24H29F3N6O3. The lowest BCUT2D eigenvalue weighted by molar-refractivity contribution is -0.137. The molecule has 2 amide bonds. The van der Waals surface area contributed by atoms with Crippen LogP contribution in [-0.4, -0.2) is 71.2 Å². The normalized spacial score (nSPS) is 25.5. The largest absolute Gasteiger partial charge is 0.449 e. The molecule has 5 rings (SSSR count). The van der Waals surface area contributed by atoms with Gasteiger partial charge in [0.15, 0.2) is 0 Å². The van der Waals surface area contributed by atoms with Crippen LogP contribution >= 0.6 is 0 Å². The number of aromatic nitrogens is 2. The van der Waals surface area contributed by atoms with E-state index in [1.165, 1.54) is 12.4 Å². The Bertz CT molecular complexity index is 1120. The number of nitrogens with zero attached hydrogens (tertiary/aromatic N) is 3. The minimum Gasteiger partial charge on any atom is -0.449 e. The van der Waals surface area contributed by atoms with Crippen molar-refractivity contribution in [3.05, 3.63) is 30.1 Å². The van der Waals surface area contributed by atoms with Gasteiger partial charge in [-0.2, -0.15) is 13.2 Å². The van der Waals surface area contributed by atoms with Crippen molar-refractivity contribution in [3.8, 4) is 0 Å². The number of nitrogens with one attached hydrogen (secondary N) is 3. The highest BCUT2D eigenvalue weighted by Crippen LogP contribution is 2.34. The third-order valence-electron chi connectivity index (χ3n) is 7.45. The number of alkyl carbamates (subject to hydrolysis) is 1. The molecule has 1 atom stereocenters. The van der Waals surface area contributed by atoms with Crippen molar-refractivity contribution in [2.24, 2.45) is 5.92 Å². The number of hydrogen-bond donors (Lipinski definition) is 3. The zero-order valence-corrected chi connectivity index (χ0v) is 19.7. The van der Waals surface area contributed by atoms with Gasteiger partial charge in [0.2, 0.25) is 5.91 Å². The van der Waals surface area contributed by atoms with Gasteiger partial charge < -0.3 is 20.7 Å². The molecule has 0 spiro atoms. The van der Waals surface area contributed by atoms with Crippen molar-refractivity contribution in [3.63, 3.8) is 0 Å². The molecule has 1 aromatic carbocycles. The summed E-state index contributed by atoms with van der Waals surface area (Å²) in [5, 5.41) is 8.98. The topological polar surface area (TPSA) is 108 Å². The van der Waals surface area contributed by atoms with Gasteiger partial charge in [-0.1, -0.05) is 0 Å². The maximum absolute atomic E-state index is 13.1. The molecule has 1 aromatic heterocycles. The van der Waals surface area contributed by atoms with Gasteiger partial charge in [0.05, 0.1) is 30.3 Å². The van der Waals surface area contributed by atoms with Gasteiger partial charge in [0, 0.05) is 37.0 Å². The second-order valence-corrected chi connectivity index (χ2v) is 9.77. The fourth-order valence-corrected chi connectivity index (χ4v) is 5.49. The lowest BCUT2D eigenvalue weighted by atomic mass is 9.79. The molecule has 3 heterocycles. The van der Waals surface area contributed by atoms with Crippen LogP contribution in [0.4, 0.5) is 23.8 Å². The third-order valence-corrected chi connectivity index (χ3v) is 7.45. The van der Waals surface area contributed by atoms with Crippen molar-refractivity contribution < 1.29 is 27.5 Å². The highest BCUT2D eigenvalue weighted by molar-refractivity contribution is 5.91. The standard InChI is InChI=1S/C24H29F3N6O3/c25-24(26,27)15-3-6-20-18(9-15)22(30-13-29-20)28-10-21(34)31-16-11-33(12-16)17-4-1-14(2-5-17)19-7-8-36-23(35)32-19/h3,6,9,13-14,16-17,19H,1-2,4-5,7-8,10-12H2,(H,31,34)(H,32,35)(H,28,29,30)/t14-,17-,19?. The molecule has 3 fully saturated rings. The number of anilines is 1. The average Bonchev–Trinajstić information content (AvgIpc) is 2.84. The molecular weight excluding hydrogens is 477 g/mol. The van der Waals surface area contributed by atoms with E-state index in [0.717, 1.165) is 57.3 Å². The van der Waals surface area contributed by atoms with Crippen LogP contribution in [-0.2, 0) is 15.7 Å². The van der Waals surface area contributed by atoms with Crippen molar-refractivity contribution in [1.82, 2.24) is 25.5 Å². The Morgan fingerprint density at radius 3 is 2.64 bits per heavy atom. The fourth-order valence-electron chi connectivity index (χ4n) is 5.49. The number of ether oxygens (including phenoxy) is 1. The average molecular weight is 507 g/mol. The molecule has 1 saturated carbocycles. The summed E-state index contributed by atoms with van der Waals surface area (Å²) in [6.07, 6.45) is 1.59. The number of carbonyl (C=O) groups is 2. The summed E-state index contributed by atoms with van der Waals surface area (Å²) in [5.74, 6) is 0.438. The van der Waals surface area contributed by atoms with Crippen molar-refractivity contribution in [2.75, 3.05) is 31.6 Å². The molecule has 2 aliphatic heterocycles. The first kappa shape index (κ1) is 24.5. The zero-order valence-electron chi connectivity index (χ0n) is 19.7. The number of benzene rings is 1. The fraction of sp³-hybridized carbons (Fsp3) is 0.583. The van der Waals surface area contributed by atoms with Crippen molar-refractivity contribution >= 4 is 28.7 Å². The number of fused-ring (bicyclic) bond motifs is 1. The first-order valence-corrected chi connectivity index (χ1v) is 12.3. The van der Waals surface area contributed by atoms with E-state index >= 15 is 0 Å². The van der Waals surface area contributed by atoms with Crippen LogP contribution in [0.5, 0.6) is 0 Å². The quantitative estimate of drug-likeness (QED) is 0.553. The van der Waals surface area contributed by atoms with Crippen LogP contribution in [0, 0.1) is 5.92 Å². The van der Waals surface area contributed by atoms with E-state index in [4.69, 9.17) is 4.74 Å². The van der Waals surface area contributed by atoms with Gasteiger partial charge in [-0.05, 0) is 49.8 Å². The number of hydrogen-bond acceptors (Lipinski definition) is 7. The van der Waals surface area contributed by atoms with E-state index in [9.17, 15) is 22.8 Å². The van der Waals surface area contributed by atoms with Crippen LogP contribution in [0.1, 0.15) is 37.7 Å². The summed E-state index contributed by atoms with van der Waals surface area (Å²) in [4.78, 5) is 34.3. The predicted octanol–water partition coefficient (Wildman–Crippen LogP) is 2.92. The Balaban J connectivity index is 1.06. The summed E-state index contributed by atoms with van der Waals surface area (Å²) in [5.41, 5.74) is -0.428. The SMILES string of the molecule is O=C(CNc1ncnc2ccc(C(F)(F)F)cc12)NC1CN([C@H]2CC[C@H](C3CCOC(=O)N3)CC2)C1. The number of halogens is 3. The Labute approximate surface area is 206 Å². The van der Waals surface area contributed by atoms with Crippen LogP contribution in [0.25, 0.3) is 10.9 Å². The monoisotopic (exact) mass is 506 g/mol. The van der Waals surface area contributed by atoms with Gasteiger partial charge in [-0.3, -0.25) is 9.69 Å². The Morgan fingerprint density at radius 1 is 1.14 bits per heavy atom. The number of cyclic esters (lactones) is 1. The number of likely N-dealkylation sites (tertiary alicyclic amines) is 1. The molecule has 0 radical (unpaired) electrons. The maximum Gasteiger partial charge on any atom is 0.416 e. The highest BCUT2D eigenvalue weighted by atomic mass is 19.4. The van der Waals surface area contributed by atoms with Crippen LogP contribution in [0.15, 0.2) is 24.5 Å². The Hall–Kier alpha value is -3.15. The molecule has 1 aliphatic carbocycles. The summed E-state index contributed by atoms with van der Waals surface area (Å²) in [6.45, 7) is 1.95. The maximum atomic E-state index is 13.1. The molecule has 12 heteroatoms. The van der Waals surface area contributed by atoms with Crippen LogP contribution < -0.4 is 16.0 Å². The van der Waals surface area contributed by atoms with Gasteiger partial charge >= 0.3 is 12.3 Å². The molecule has 0 bridgehead atoms. The van der Waals surface area contributed by atoms with E-state index in [0.29, 0.717) is 24.1 Å². The van der Waals surface area contributed by atoms with E-state index in [2.05, 4.69) is 30.8 Å². The molecule has 2 aromatic rings. The second kappa shape index (κ2) is 10.1. The lowest BCUT2D eigenvalue weighted by Crippen LogP contribution is -2.63. The molecule has 1 unspecified atom stereocenters. The smallest absolute Gasteiger partial charge is 0.416 e. The first-order valence-electron chi connectivity index (χ1n) is 12.3. The van der Waals surface area contributed by atoms with E-state index in [-0.39, 0.29) is 41.8 Å². The summed E-state index contributed by atoms with van der Waals surface area (Å²) < 4.78 is 44.2. The minimum atomic E-state index is -4.48. The molecule has 3 aliphatic rings. The van der Waals surface area contributed by atoms with Crippen molar-refractivity contribution in [2.45, 2.75) is 56.4 Å². The number of alkyl halides is 3. The van der Waals surface area contributed by atoms with E-state index < -0.39 is 11.7 Å². The summed E-state index contributed by atoms with van der Waals surface area (Å²) >= 11 is 0. The van der Waals surface area contributed by atoms with Crippen molar-refractivity contribution in [1.29, 1.82) is 0 Å². The second-order valence-electron chi connectivity index (χ2n) is 9.77. The molecule has 9 nitrogen and oxygen atoms in total. The molecule has 3 N–H and O–H groups in total. The number of amides is 2. The van der Waals surface area contributed by atoms with Gasteiger partial charge in [-0.25, -0.2) is 14.8 Å². The van der Waals surface area contributed by atoms with Gasteiger partial charge in [0.25, 0.3) is 0 Å². The molecule has 2 saturated heterocycles. The first-order chi connectivity index (χ1) is 17.3. The zero-order chi connectivity index (χ0) is 25.3. The van der Waals surface area contributed by atoms with E-state index in [1.807, 2.05) is 0 Å². The van der Waals surface area contributed by atoms with Crippen LogP contribution in [0.2, 0.25) is 0 Å². The van der Waals surface area contributed by atoms with Gasteiger partial charge in [-0.15, -0.1) is 0 Å². The molecule has 36 heavy (non-hydrogen) atoms. The van der Waals surface area contributed by atoms with Gasteiger partial charge in [0.1, 0.15) is 12.1 Å². The summed E-state index contributed by atoms with van der Waals surface area (Å²) in [6, 6.07) is 3.99. The Kier molecular flexibility index (Phi) is 6.87. The molecule has 194 valence electrons. The third kappa shape index (κ3) is 5.48. The highest BCUT2D eigenvalue weighted by Gasteiger charge is 2.37. The lowest BCUT2D eigenvalue weighted by Gasteiger charge is -2.47. The Morgan fingerprint density at radius 2 is 1.92 bits per heavy atom. The van der Waals surface area contributed by atoms with E-state index in [1.54, 1.807) is 0 Å². The number of rotatable bonds is 6. The summed E-state index contributed by atoms with van der Waals surface area (Å²) in [7, 11) is 0. The minimum absolute atomic E-state index is 0.0470. The predicted molar refractivity (Wildman–Crippen MR) is 125 cm³/mol. The van der Waals surface area contributed by atoms with Crippen LogP contribution in [0.3, 0.4) is 0 Å². The number of carbonyl (C=O) groups excluding carboxylic acids is 2.